The molecular weight excluding hydrogens is 314 g/mol. The fourth-order valence-electron chi connectivity index (χ4n) is 3.54. The van der Waals surface area contributed by atoms with Crippen LogP contribution >= 0.6 is 0 Å². The largest absolute Gasteiger partial charge is 0.373 e. The van der Waals surface area contributed by atoms with E-state index in [0.29, 0.717) is 18.0 Å². The average Bonchev–Trinajstić information content (AvgIpc) is 3.00. The maximum atomic E-state index is 13.4. The number of anilines is 2. The predicted octanol–water partition coefficient (Wildman–Crippen LogP) is 2.77. The molecule has 0 spiro atoms. The molecule has 3 heterocycles. The first kappa shape index (κ1) is 15.6. The van der Waals surface area contributed by atoms with Crippen molar-refractivity contribution in [2.45, 2.75) is 13.8 Å². The van der Waals surface area contributed by atoms with Gasteiger partial charge in [0.15, 0.2) is 5.65 Å². The van der Waals surface area contributed by atoms with Crippen LogP contribution in [-0.4, -0.2) is 40.6 Å². The summed E-state index contributed by atoms with van der Waals surface area (Å²) in [6, 6.07) is 9.90. The fraction of sp³-hybridized carbons (Fsp3) is 0.316. The third-order valence-corrected chi connectivity index (χ3v) is 4.71. The van der Waals surface area contributed by atoms with Gasteiger partial charge in [0.1, 0.15) is 0 Å². The summed E-state index contributed by atoms with van der Waals surface area (Å²) in [4.78, 5) is 22.0. The molecule has 0 fully saturated rings. The number of fused-ring (bicyclic) bond motifs is 2. The van der Waals surface area contributed by atoms with Crippen molar-refractivity contribution >= 4 is 22.9 Å². The fourth-order valence-corrected chi connectivity index (χ4v) is 3.54. The Labute approximate surface area is 146 Å². The van der Waals surface area contributed by atoms with Gasteiger partial charge in [0.05, 0.1) is 28.8 Å². The number of hydrogen-bond donors (Lipinski definition) is 0. The SMILES string of the molecule is Cc1nc2ccnn2cc1C(=O)N1CC(C)CN(C)c2ccccc21. The van der Waals surface area contributed by atoms with E-state index in [4.69, 9.17) is 0 Å². The average molecular weight is 335 g/mol. The molecule has 6 nitrogen and oxygen atoms in total. The number of carbonyl (C=O) groups is 1. The summed E-state index contributed by atoms with van der Waals surface area (Å²) in [5.74, 6) is 0.333. The zero-order valence-electron chi connectivity index (χ0n) is 14.7. The van der Waals surface area contributed by atoms with Crippen LogP contribution in [0.2, 0.25) is 0 Å². The van der Waals surface area contributed by atoms with Crippen LogP contribution in [0.15, 0.2) is 42.7 Å². The van der Waals surface area contributed by atoms with Crippen molar-refractivity contribution in [2.75, 3.05) is 29.9 Å². The Kier molecular flexibility index (Phi) is 3.67. The number of benzene rings is 1. The monoisotopic (exact) mass is 335 g/mol. The number of aromatic nitrogens is 3. The normalized spacial score (nSPS) is 17.5. The minimum atomic E-state index is -0.0306. The summed E-state index contributed by atoms with van der Waals surface area (Å²) in [5.41, 5.74) is 4.08. The molecule has 1 atom stereocenters. The lowest BCUT2D eigenvalue weighted by Crippen LogP contribution is -2.35. The van der Waals surface area contributed by atoms with Gasteiger partial charge in [-0.2, -0.15) is 5.10 Å². The highest BCUT2D eigenvalue weighted by Gasteiger charge is 2.28. The smallest absolute Gasteiger partial charge is 0.261 e. The van der Waals surface area contributed by atoms with E-state index >= 15 is 0 Å². The standard InChI is InChI=1S/C19H21N5O/c1-13-10-22(3)16-6-4-5-7-17(16)23(11-13)19(25)15-12-24-18(8-9-20-24)21-14(15)2/h4-9,12-13H,10-11H2,1-3H3. The van der Waals surface area contributed by atoms with Crippen molar-refractivity contribution in [2.24, 2.45) is 5.92 Å². The number of amides is 1. The molecule has 0 N–H and O–H groups in total. The van der Waals surface area contributed by atoms with Crippen LogP contribution in [0.5, 0.6) is 0 Å². The minimum Gasteiger partial charge on any atom is -0.373 e. The number of nitrogens with zero attached hydrogens (tertiary/aromatic N) is 5. The highest BCUT2D eigenvalue weighted by molar-refractivity contribution is 6.08. The molecule has 0 saturated heterocycles. The molecule has 4 rings (SSSR count). The van der Waals surface area contributed by atoms with Crippen LogP contribution in [0.4, 0.5) is 11.4 Å². The topological polar surface area (TPSA) is 53.7 Å². The summed E-state index contributed by atoms with van der Waals surface area (Å²) in [7, 11) is 2.08. The minimum absolute atomic E-state index is 0.0306. The van der Waals surface area contributed by atoms with Gasteiger partial charge in [-0.1, -0.05) is 19.1 Å². The van der Waals surface area contributed by atoms with Gasteiger partial charge in [-0.15, -0.1) is 0 Å². The molecule has 0 aliphatic carbocycles. The zero-order valence-corrected chi connectivity index (χ0v) is 14.7. The van der Waals surface area contributed by atoms with Gasteiger partial charge < -0.3 is 9.80 Å². The van der Waals surface area contributed by atoms with Crippen molar-refractivity contribution in [3.05, 3.63) is 54.0 Å². The molecule has 0 bridgehead atoms. The van der Waals surface area contributed by atoms with Gasteiger partial charge in [-0.3, -0.25) is 4.79 Å². The predicted molar refractivity (Wildman–Crippen MR) is 98.3 cm³/mol. The van der Waals surface area contributed by atoms with Crippen molar-refractivity contribution in [1.29, 1.82) is 0 Å². The van der Waals surface area contributed by atoms with Crippen molar-refractivity contribution in [1.82, 2.24) is 14.6 Å². The van der Waals surface area contributed by atoms with E-state index in [1.807, 2.05) is 36.1 Å². The maximum Gasteiger partial charge on any atom is 0.261 e. The number of carbonyl (C=O) groups excluding carboxylic acids is 1. The summed E-state index contributed by atoms with van der Waals surface area (Å²) in [5, 5.41) is 4.21. The third-order valence-electron chi connectivity index (χ3n) is 4.71. The molecule has 1 aliphatic rings. The van der Waals surface area contributed by atoms with Crippen LogP contribution in [0, 0.1) is 12.8 Å². The van der Waals surface area contributed by atoms with Gasteiger partial charge in [0.2, 0.25) is 0 Å². The highest BCUT2D eigenvalue weighted by Crippen LogP contribution is 2.33. The summed E-state index contributed by atoms with van der Waals surface area (Å²) < 4.78 is 1.65. The molecule has 128 valence electrons. The molecular formula is C19H21N5O. The van der Waals surface area contributed by atoms with Crippen molar-refractivity contribution in [3.8, 4) is 0 Å². The lowest BCUT2D eigenvalue weighted by molar-refractivity contribution is 0.0982. The summed E-state index contributed by atoms with van der Waals surface area (Å²) in [6.45, 7) is 5.64. The van der Waals surface area contributed by atoms with E-state index in [0.717, 1.165) is 29.3 Å². The number of para-hydroxylation sites is 2. The van der Waals surface area contributed by atoms with E-state index < -0.39 is 0 Å². The molecule has 1 aromatic carbocycles. The van der Waals surface area contributed by atoms with Gasteiger partial charge in [0.25, 0.3) is 5.91 Å². The van der Waals surface area contributed by atoms with Crippen LogP contribution < -0.4 is 9.80 Å². The van der Waals surface area contributed by atoms with Gasteiger partial charge in [-0.05, 0) is 25.0 Å². The highest BCUT2D eigenvalue weighted by atomic mass is 16.2. The van der Waals surface area contributed by atoms with E-state index in [-0.39, 0.29) is 5.91 Å². The van der Waals surface area contributed by atoms with Crippen LogP contribution in [0.25, 0.3) is 5.65 Å². The second-order valence-corrected chi connectivity index (χ2v) is 6.76. The van der Waals surface area contributed by atoms with Crippen molar-refractivity contribution < 1.29 is 4.79 Å². The van der Waals surface area contributed by atoms with Gasteiger partial charge >= 0.3 is 0 Å². The second kappa shape index (κ2) is 5.88. The number of hydrogen-bond acceptors (Lipinski definition) is 4. The third kappa shape index (κ3) is 2.63. The first-order valence-corrected chi connectivity index (χ1v) is 8.47. The second-order valence-electron chi connectivity index (χ2n) is 6.76. The summed E-state index contributed by atoms with van der Waals surface area (Å²) >= 11 is 0. The van der Waals surface area contributed by atoms with Crippen LogP contribution in [0.1, 0.15) is 23.0 Å². The molecule has 25 heavy (non-hydrogen) atoms. The van der Waals surface area contributed by atoms with Gasteiger partial charge in [0, 0.05) is 32.4 Å². The molecule has 1 aliphatic heterocycles. The molecule has 0 saturated carbocycles. The van der Waals surface area contributed by atoms with Crippen LogP contribution in [0.3, 0.4) is 0 Å². The number of aryl methyl sites for hydroxylation is 1. The Balaban J connectivity index is 1.82. The lowest BCUT2D eigenvalue weighted by Gasteiger charge is -2.25. The Morgan fingerprint density at radius 1 is 1.16 bits per heavy atom. The van der Waals surface area contributed by atoms with Crippen LogP contribution in [-0.2, 0) is 0 Å². The molecule has 1 unspecified atom stereocenters. The molecule has 1 amide bonds. The Bertz CT molecular complexity index is 948. The maximum absolute atomic E-state index is 13.4. The van der Waals surface area contributed by atoms with E-state index in [1.54, 1.807) is 16.9 Å². The van der Waals surface area contributed by atoms with E-state index in [1.165, 1.54) is 0 Å². The molecule has 2 aromatic heterocycles. The van der Waals surface area contributed by atoms with E-state index in [2.05, 4.69) is 35.0 Å². The Hall–Kier alpha value is -2.89. The van der Waals surface area contributed by atoms with Gasteiger partial charge in [-0.25, -0.2) is 9.50 Å². The first-order chi connectivity index (χ1) is 12.0. The summed E-state index contributed by atoms with van der Waals surface area (Å²) in [6.07, 6.45) is 3.47. The van der Waals surface area contributed by atoms with Crippen molar-refractivity contribution in [3.63, 3.8) is 0 Å². The zero-order chi connectivity index (χ0) is 17.6. The molecule has 3 aromatic rings. The lowest BCUT2D eigenvalue weighted by atomic mass is 10.1. The Morgan fingerprint density at radius 3 is 2.72 bits per heavy atom. The number of rotatable bonds is 1. The quantitative estimate of drug-likeness (QED) is 0.686. The molecule has 6 heteroatoms. The molecule has 0 radical (unpaired) electrons. The Morgan fingerprint density at radius 2 is 1.92 bits per heavy atom. The van der Waals surface area contributed by atoms with E-state index in [9.17, 15) is 4.79 Å². The first-order valence-electron chi connectivity index (χ1n) is 8.47.